The zero-order chi connectivity index (χ0) is 16.4. The molecule has 2 aromatic rings. The molecule has 0 bridgehead atoms. The van der Waals surface area contributed by atoms with Gasteiger partial charge in [-0.3, -0.25) is 4.84 Å². The lowest BCUT2D eigenvalue weighted by Gasteiger charge is -2.39. The first kappa shape index (κ1) is 15.4. The third-order valence-corrected chi connectivity index (χ3v) is 5.05. The molecule has 1 atom stereocenters. The van der Waals surface area contributed by atoms with Gasteiger partial charge in [-0.15, -0.1) is 0 Å². The molecule has 2 aromatic carbocycles. The van der Waals surface area contributed by atoms with Gasteiger partial charge in [-0.25, -0.2) is 5.06 Å². The van der Waals surface area contributed by atoms with E-state index >= 15 is 0 Å². The number of anilines is 1. The zero-order valence-electron chi connectivity index (χ0n) is 13.9. The lowest BCUT2D eigenvalue weighted by atomic mass is 9.84. The van der Waals surface area contributed by atoms with E-state index in [4.69, 9.17) is 10.6 Å². The summed E-state index contributed by atoms with van der Waals surface area (Å²) in [5.74, 6) is 0. The summed E-state index contributed by atoms with van der Waals surface area (Å²) in [5, 5.41) is 2.07. The van der Waals surface area contributed by atoms with Crippen LogP contribution in [-0.2, 0) is 11.3 Å². The highest BCUT2D eigenvalue weighted by Crippen LogP contribution is 2.44. The highest BCUT2D eigenvalue weighted by atomic mass is 16.7. The molecule has 1 aliphatic carbocycles. The molecule has 124 valence electrons. The van der Waals surface area contributed by atoms with Crippen LogP contribution >= 0.6 is 0 Å². The molecule has 3 heteroatoms. The summed E-state index contributed by atoms with van der Waals surface area (Å²) in [7, 11) is 0. The Hall–Kier alpha value is -2.10. The fourth-order valence-electron chi connectivity index (χ4n) is 3.80. The van der Waals surface area contributed by atoms with Crippen LogP contribution in [0.4, 0.5) is 5.69 Å². The van der Waals surface area contributed by atoms with Gasteiger partial charge in [-0.05, 0) is 54.9 Å². The molecule has 0 aromatic heterocycles. The number of fused-ring (bicyclic) bond motifs is 1. The topological polar surface area (TPSA) is 38.5 Å². The van der Waals surface area contributed by atoms with Crippen molar-refractivity contribution in [3.8, 4) is 0 Å². The van der Waals surface area contributed by atoms with E-state index in [0.29, 0.717) is 6.61 Å². The summed E-state index contributed by atoms with van der Waals surface area (Å²) in [6.45, 7) is 0.671. The highest BCUT2D eigenvalue weighted by Gasteiger charge is 2.32. The molecule has 1 aliphatic heterocycles. The summed E-state index contributed by atoms with van der Waals surface area (Å²) in [4.78, 5) is 6.25. The third kappa shape index (κ3) is 2.85. The highest BCUT2D eigenvalue weighted by molar-refractivity contribution is 5.63. The molecular weight excluding hydrogens is 296 g/mol. The Labute approximate surface area is 143 Å². The van der Waals surface area contributed by atoms with Gasteiger partial charge in [0.05, 0.1) is 18.3 Å². The second-order valence-corrected chi connectivity index (χ2v) is 6.58. The maximum Gasteiger partial charge on any atom is 0.0793 e. The first-order valence-electron chi connectivity index (χ1n) is 8.88. The zero-order valence-corrected chi connectivity index (χ0v) is 13.9. The van der Waals surface area contributed by atoms with Gasteiger partial charge in [0.25, 0.3) is 0 Å². The van der Waals surface area contributed by atoms with E-state index in [9.17, 15) is 0 Å². The summed E-state index contributed by atoms with van der Waals surface area (Å²) < 4.78 is 0. The molecule has 0 fully saturated rings. The minimum Gasteiger partial charge on any atom is -0.320 e. The van der Waals surface area contributed by atoms with Crippen molar-refractivity contribution in [3.63, 3.8) is 0 Å². The summed E-state index contributed by atoms with van der Waals surface area (Å²) in [6, 6.07) is 18.9. The predicted octanol–water partition coefficient (Wildman–Crippen LogP) is 4.51. The van der Waals surface area contributed by atoms with Crippen molar-refractivity contribution >= 4 is 5.69 Å². The lowest BCUT2D eigenvalue weighted by molar-refractivity contribution is 0.121. The standard InChI is InChI=1S/C21H24N2O/c22-21-17-10-4-6-12-19(17)23(20-13-7-5-11-18(20)21)24-15-14-16-8-2-1-3-9-16/h1-4,6,8-10,12,21H,5,7,11,13-15,22H2. The van der Waals surface area contributed by atoms with Gasteiger partial charge in [0.15, 0.2) is 0 Å². The van der Waals surface area contributed by atoms with E-state index in [1.54, 1.807) is 0 Å². The van der Waals surface area contributed by atoms with Crippen LogP contribution < -0.4 is 10.8 Å². The predicted molar refractivity (Wildman–Crippen MR) is 97.4 cm³/mol. The number of rotatable bonds is 4. The molecule has 2 N–H and O–H groups in total. The number of benzene rings is 2. The van der Waals surface area contributed by atoms with Crippen LogP contribution in [0.5, 0.6) is 0 Å². The van der Waals surface area contributed by atoms with Crippen molar-refractivity contribution < 1.29 is 4.84 Å². The average molecular weight is 320 g/mol. The van der Waals surface area contributed by atoms with Gasteiger partial charge < -0.3 is 5.73 Å². The molecule has 0 saturated carbocycles. The van der Waals surface area contributed by atoms with Crippen LogP contribution in [0.2, 0.25) is 0 Å². The molecule has 0 spiro atoms. The summed E-state index contributed by atoms with van der Waals surface area (Å²) in [6.07, 6.45) is 5.50. The number of nitrogens with zero attached hydrogens (tertiary/aromatic N) is 1. The Balaban J connectivity index is 1.58. The molecule has 24 heavy (non-hydrogen) atoms. The van der Waals surface area contributed by atoms with Gasteiger partial charge in [0.2, 0.25) is 0 Å². The maximum atomic E-state index is 6.54. The molecule has 1 heterocycles. The van der Waals surface area contributed by atoms with Gasteiger partial charge in [0, 0.05) is 5.70 Å². The monoisotopic (exact) mass is 320 g/mol. The van der Waals surface area contributed by atoms with Crippen LogP contribution in [0.25, 0.3) is 0 Å². The van der Waals surface area contributed by atoms with Crippen molar-refractivity contribution in [3.05, 3.63) is 77.0 Å². The lowest BCUT2D eigenvalue weighted by Crippen LogP contribution is -2.35. The number of hydrogen-bond acceptors (Lipinski definition) is 3. The second kappa shape index (κ2) is 6.80. The molecule has 3 nitrogen and oxygen atoms in total. The Kier molecular flexibility index (Phi) is 4.37. The van der Waals surface area contributed by atoms with Crippen molar-refractivity contribution in [1.82, 2.24) is 0 Å². The number of para-hydroxylation sites is 1. The smallest absolute Gasteiger partial charge is 0.0793 e. The summed E-state index contributed by atoms with van der Waals surface area (Å²) >= 11 is 0. The van der Waals surface area contributed by atoms with Gasteiger partial charge in [-0.2, -0.15) is 0 Å². The fourth-order valence-corrected chi connectivity index (χ4v) is 3.80. The quantitative estimate of drug-likeness (QED) is 0.901. The van der Waals surface area contributed by atoms with Crippen LogP contribution in [0.3, 0.4) is 0 Å². The van der Waals surface area contributed by atoms with Crippen molar-refractivity contribution in [1.29, 1.82) is 0 Å². The minimum absolute atomic E-state index is 0.0190. The van der Waals surface area contributed by atoms with Crippen LogP contribution in [-0.4, -0.2) is 6.61 Å². The van der Waals surface area contributed by atoms with Gasteiger partial charge in [-0.1, -0.05) is 48.5 Å². The largest absolute Gasteiger partial charge is 0.320 e. The van der Waals surface area contributed by atoms with E-state index in [0.717, 1.165) is 24.9 Å². The molecule has 4 rings (SSSR count). The van der Waals surface area contributed by atoms with E-state index in [1.807, 2.05) is 6.07 Å². The Morgan fingerprint density at radius 2 is 1.71 bits per heavy atom. The maximum absolute atomic E-state index is 6.54. The van der Waals surface area contributed by atoms with E-state index < -0.39 is 0 Å². The van der Waals surface area contributed by atoms with E-state index in [2.05, 4.69) is 53.6 Å². The summed E-state index contributed by atoms with van der Waals surface area (Å²) in [5.41, 5.74) is 12.8. The number of hydroxylamine groups is 1. The molecule has 0 saturated heterocycles. The number of allylic oxidation sites excluding steroid dienone is 1. The average Bonchev–Trinajstić information content (AvgIpc) is 2.65. The van der Waals surface area contributed by atoms with Gasteiger partial charge >= 0.3 is 0 Å². The van der Waals surface area contributed by atoms with Crippen molar-refractivity contribution in [2.75, 3.05) is 11.7 Å². The first-order valence-corrected chi connectivity index (χ1v) is 8.88. The Morgan fingerprint density at radius 1 is 0.958 bits per heavy atom. The third-order valence-electron chi connectivity index (χ3n) is 5.05. The Bertz CT molecular complexity index is 739. The van der Waals surface area contributed by atoms with E-state index in [-0.39, 0.29) is 6.04 Å². The molecule has 0 amide bonds. The van der Waals surface area contributed by atoms with Crippen molar-refractivity contribution in [2.45, 2.75) is 38.1 Å². The minimum atomic E-state index is 0.0190. The molecular formula is C21H24N2O. The molecule has 1 unspecified atom stereocenters. The van der Waals surface area contributed by atoms with Crippen molar-refractivity contribution in [2.24, 2.45) is 5.73 Å². The SMILES string of the molecule is NC1C2=C(CCCC2)N(OCCc2ccccc2)c2ccccc21. The molecule has 2 aliphatic rings. The first-order chi connectivity index (χ1) is 11.8. The Morgan fingerprint density at radius 3 is 2.58 bits per heavy atom. The van der Waals surface area contributed by atoms with E-state index in [1.165, 1.54) is 35.2 Å². The number of hydrogen-bond donors (Lipinski definition) is 1. The fraction of sp³-hybridized carbons (Fsp3) is 0.333. The van der Waals surface area contributed by atoms with Crippen LogP contribution in [0.1, 0.15) is 42.9 Å². The number of nitrogens with two attached hydrogens (primary N) is 1. The normalized spacial score (nSPS) is 19.9. The second-order valence-electron chi connectivity index (χ2n) is 6.58. The van der Waals surface area contributed by atoms with Gasteiger partial charge in [0.1, 0.15) is 0 Å². The molecule has 0 radical (unpaired) electrons. The van der Waals surface area contributed by atoms with Crippen LogP contribution in [0.15, 0.2) is 65.9 Å². The van der Waals surface area contributed by atoms with Crippen LogP contribution in [0, 0.1) is 0 Å².